The second-order valence-corrected chi connectivity index (χ2v) is 4.67. The summed E-state index contributed by atoms with van der Waals surface area (Å²) in [6.07, 6.45) is 2.26. The highest BCUT2D eigenvalue weighted by Gasteiger charge is 2.25. The van der Waals surface area contributed by atoms with Gasteiger partial charge in [-0.2, -0.15) is 0 Å². The molecule has 0 bridgehead atoms. The second-order valence-electron chi connectivity index (χ2n) is 4.67. The zero-order valence-electron chi connectivity index (χ0n) is 11.3. The Balaban J connectivity index is 2.42. The first-order valence-electron chi connectivity index (χ1n) is 6.54. The molecule has 1 heterocycles. The third kappa shape index (κ3) is 4.42. The van der Waals surface area contributed by atoms with Gasteiger partial charge in [-0.1, -0.05) is 6.92 Å². The SMILES string of the molecule is CC[C@@H](NC(=O)NC(C)C(=O)N1CCCC1)C(=O)O. The van der Waals surface area contributed by atoms with Crippen molar-refractivity contribution in [2.75, 3.05) is 13.1 Å². The van der Waals surface area contributed by atoms with Crippen molar-refractivity contribution >= 4 is 17.9 Å². The van der Waals surface area contributed by atoms with Crippen LogP contribution in [0.3, 0.4) is 0 Å². The van der Waals surface area contributed by atoms with E-state index in [1.807, 2.05) is 0 Å². The van der Waals surface area contributed by atoms with E-state index in [-0.39, 0.29) is 12.3 Å². The van der Waals surface area contributed by atoms with E-state index < -0.39 is 24.1 Å². The maximum atomic E-state index is 11.9. The number of carboxylic acid groups (broad SMARTS) is 1. The summed E-state index contributed by atoms with van der Waals surface area (Å²) in [7, 11) is 0. The lowest BCUT2D eigenvalue weighted by atomic mass is 10.2. The Labute approximate surface area is 112 Å². The van der Waals surface area contributed by atoms with Crippen LogP contribution in [0.15, 0.2) is 0 Å². The molecule has 108 valence electrons. The van der Waals surface area contributed by atoms with E-state index in [1.54, 1.807) is 18.7 Å². The minimum absolute atomic E-state index is 0.129. The second kappa shape index (κ2) is 6.96. The average molecular weight is 271 g/mol. The molecular formula is C12H21N3O4. The number of urea groups is 1. The van der Waals surface area contributed by atoms with Gasteiger partial charge in [0.1, 0.15) is 12.1 Å². The van der Waals surface area contributed by atoms with E-state index >= 15 is 0 Å². The van der Waals surface area contributed by atoms with Crippen LogP contribution in [0.4, 0.5) is 4.79 Å². The number of aliphatic carboxylic acids is 1. The molecule has 1 aliphatic rings. The molecule has 3 N–H and O–H groups in total. The van der Waals surface area contributed by atoms with Gasteiger partial charge in [0.25, 0.3) is 0 Å². The lowest BCUT2D eigenvalue weighted by Crippen LogP contribution is -2.52. The smallest absolute Gasteiger partial charge is 0.326 e. The molecule has 0 aromatic heterocycles. The summed E-state index contributed by atoms with van der Waals surface area (Å²) in [6, 6.07) is -2.22. The van der Waals surface area contributed by atoms with Crippen molar-refractivity contribution in [2.45, 2.75) is 45.2 Å². The highest BCUT2D eigenvalue weighted by molar-refractivity contribution is 5.88. The topological polar surface area (TPSA) is 98.7 Å². The Morgan fingerprint density at radius 1 is 1.21 bits per heavy atom. The lowest BCUT2D eigenvalue weighted by Gasteiger charge is -2.22. The zero-order chi connectivity index (χ0) is 14.4. The van der Waals surface area contributed by atoms with Crippen LogP contribution in [0.25, 0.3) is 0 Å². The van der Waals surface area contributed by atoms with Gasteiger partial charge in [-0.05, 0) is 26.2 Å². The van der Waals surface area contributed by atoms with Gasteiger partial charge in [0, 0.05) is 13.1 Å². The number of rotatable bonds is 5. The Kier molecular flexibility index (Phi) is 5.59. The summed E-state index contributed by atoms with van der Waals surface area (Å²) < 4.78 is 0. The Morgan fingerprint density at radius 3 is 2.26 bits per heavy atom. The summed E-state index contributed by atoms with van der Waals surface area (Å²) >= 11 is 0. The fourth-order valence-corrected chi connectivity index (χ4v) is 2.01. The molecule has 0 aromatic carbocycles. The molecule has 1 fully saturated rings. The number of nitrogens with one attached hydrogen (secondary N) is 2. The number of carbonyl (C=O) groups is 3. The van der Waals surface area contributed by atoms with Crippen molar-refractivity contribution in [1.29, 1.82) is 0 Å². The normalized spacial score (nSPS) is 17.7. The lowest BCUT2D eigenvalue weighted by molar-refractivity contribution is -0.139. The largest absolute Gasteiger partial charge is 0.480 e. The van der Waals surface area contributed by atoms with E-state index in [9.17, 15) is 14.4 Å². The molecule has 0 aliphatic carbocycles. The van der Waals surface area contributed by atoms with Gasteiger partial charge >= 0.3 is 12.0 Å². The fraction of sp³-hybridized carbons (Fsp3) is 0.750. The van der Waals surface area contributed by atoms with Crippen LogP contribution >= 0.6 is 0 Å². The van der Waals surface area contributed by atoms with E-state index in [4.69, 9.17) is 5.11 Å². The molecule has 1 saturated heterocycles. The maximum absolute atomic E-state index is 11.9. The number of carbonyl (C=O) groups excluding carboxylic acids is 2. The molecule has 7 nitrogen and oxygen atoms in total. The van der Waals surface area contributed by atoms with Crippen molar-refractivity contribution in [3.05, 3.63) is 0 Å². The summed E-state index contributed by atoms with van der Waals surface area (Å²) in [5, 5.41) is 13.6. The van der Waals surface area contributed by atoms with E-state index in [1.165, 1.54) is 0 Å². The molecule has 3 amide bonds. The number of likely N-dealkylation sites (tertiary alicyclic amines) is 1. The molecule has 19 heavy (non-hydrogen) atoms. The van der Waals surface area contributed by atoms with E-state index in [0.717, 1.165) is 25.9 Å². The van der Waals surface area contributed by atoms with Crippen LogP contribution in [0.2, 0.25) is 0 Å². The van der Waals surface area contributed by atoms with Crippen LogP contribution in [0.1, 0.15) is 33.1 Å². The summed E-state index contributed by atoms with van der Waals surface area (Å²) in [5.41, 5.74) is 0. The molecule has 2 atom stereocenters. The van der Waals surface area contributed by atoms with Gasteiger partial charge in [-0.25, -0.2) is 9.59 Å². The van der Waals surface area contributed by atoms with Gasteiger partial charge < -0.3 is 20.6 Å². The number of carboxylic acids is 1. The zero-order valence-corrected chi connectivity index (χ0v) is 11.3. The van der Waals surface area contributed by atoms with Gasteiger partial charge in [0.2, 0.25) is 5.91 Å². The third-order valence-electron chi connectivity index (χ3n) is 3.15. The van der Waals surface area contributed by atoms with E-state index in [0.29, 0.717) is 0 Å². The Bertz CT molecular complexity index is 353. The van der Waals surface area contributed by atoms with Crippen molar-refractivity contribution < 1.29 is 19.5 Å². The third-order valence-corrected chi connectivity index (χ3v) is 3.15. The first-order chi connectivity index (χ1) is 8.95. The first-order valence-corrected chi connectivity index (χ1v) is 6.54. The number of hydrogen-bond donors (Lipinski definition) is 3. The Hall–Kier alpha value is -1.79. The van der Waals surface area contributed by atoms with Crippen molar-refractivity contribution in [1.82, 2.24) is 15.5 Å². The van der Waals surface area contributed by atoms with Crippen LogP contribution in [-0.2, 0) is 9.59 Å². The van der Waals surface area contributed by atoms with Gasteiger partial charge in [0.15, 0.2) is 0 Å². The van der Waals surface area contributed by atoms with Gasteiger partial charge in [0.05, 0.1) is 0 Å². The summed E-state index contributed by atoms with van der Waals surface area (Å²) in [4.78, 5) is 36.0. The molecule has 7 heteroatoms. The minimum atomic E-state index is -1.09. The number of nitrogens with zero attached hydrogens (tertiary/aromatic N) is 1. The van der Waals surface area contributed by atoms with E-state index in [2.05, 4.69) is 10.6 Å². The molecule has 1 aliphatic heterocycles. The van der Waals surface area contributed by atoms with Crippen molar-refractivity contribution in [3.8, 4) is 0 Å². The monoisotopic (exact) mass is 271 g/mol. The van der Waals surface area contributed by atoms with Crippen LogP contribution in [0, 0.1) is 0 Å². The highest BCUT2D eigenvalue weighted by Crippen LogP contribution is 2.08. The Morgan fingerprint density at radius 2 is 1.79 bits per heavy atom. The fourth-order valence-electron chi connectivity index (χ4n) is 2.01. The molecule has 0 radical (unpaired) electrons. The molecule has 0 saturated carbocycles. The predicted molar refractivity (Wildman–Crippen MR) is 68.7 cm³/mol. The van der Waals surface area contributed by atoms with Crippen LogP contribution in [-0.4, -0.2) is 53.1 Å². The van der Waals surface area contributed by atoms with Gasteiger partial charge in [-0.15, -0.1) is 0 Å². The molecule has 1 rings (SSSR count). The molecule has 0 spiro atoms. The first kappa shape index (κ1) is 15.3. The molecular weight excluding hydrogens is 250 g/mol. The predicted octanol–water partition coefficient (Wildman–Crippen LogP) is 0.160. The van der Waals surface area contributed by atoms with Gasteiger partial charge in [-0.3, -0.25) is 4.79 Å². The highest BCUT2D eigenvalue weighted by atomic mass is 16.4. The maximum Gasteiger partial charge on any atom is 0.326 e. The van der Waals surface area contributed by atoms with Crippen molar-refractivity contribution in [3.63, 3.8) is 0 Å². The number of hydrogen-bond acceptors (Lipinski definition) is 3. The quantitative estimate of drug-likeness (QED) is 0.663. The summed E-state index contributed by atoms with van der Waals surface area (Å²) in [6.45, 7) is 4.71. The minimum Gasteiger partial charge on any atom is -0.480 e. The standard InChI is InChI=1S/C12H21N3O4/c1-3-9(11(17)18)14-12(19)13-8(2)10(16)15-6-4-5-7-15/h8-9H,3-7H2,1-2H3,(H,17,18)(H2,13,14,19)/t8?,9-/m1/s1. The molecule has 0 aromatic rings. The van der Waals surface area contributed by atoms with Crippen LogP contribution in [0.5, 0.6) is 0 Å². The molecule has 1 unspecified atom stereocenters. The summed E-state index contributed by atoms with van der Waals surface area (Å²) in [5.74, 6) is -1.22. The number of amides is 3. The van der Waals surface area contributed by atoms with Crippen molar-refractivity contribution in [2.24, 2.45) is 0 Å². The van der Waals surface area contributed by atoms with Crippen LogP contribution < -0.4 is 10.6 Å². The average Bonchev–Trinajstić information content (AvgIpc) is 2.88.